The Kier molecular flexibility index (Phi) is 3.41. The van der Waals surface area contributed by atoms with E-state index in [4.69, 9.17) is 20.5 Å². The number of nitrogen functional groups attached to an aromatic ring is 1. The maximum atomic E-state index is 5.59. The van der Waals surface area contributed by atoms with Crippen LogP contribution in [0.2, 0.25) is 0 Å². The molecular formula is C14H18N8O. The van der Waals surface area contributed by atoms with E-state index in [2.05, 4.69) is 20.0 Å². The number of amidine groups is 1. The van der Waals surface area contributed by atoms with Crippen molar-refractivity contribution in [2.75, 3.05) is 39.1 Å². The summed E-state index contributed by atoms with van der Waals surface area (Å²) in [6, 6.07) is -0.144. The van der Waals surface area contributed by atoms with Crippen LogP contribution in [0.1, 0.15) is 11.6 Å². The van der Waals surface area contributed by atoms with Gasteiger partial charge in [-0.1, -0.05) is 0 Å². The summed E-state index contributed by atoms with van der Waals surface area (Å²) in [6.07, 6.45) is 5.32. The fourth-order valence-corrected chi connectivity index (χ4v) is 2.92. The Balaban J connectivity index is 1.71. The number of nitrogens with two attached hydrogens (primary N) is 1. The summed E-state index contributed by atoms with van der Waals surface area (Å²) in [4.78, 5) is 19.9. The Morgan fingerprint density at radius 2 is 1.96 bits per heavy atom. The van der Waals surface area contributed by atoms with Crippen molar-refractivity contribution in [1.82, 2.24) is 19.9 Å². The van der Waals surface area contributed by atoms with E-state index in [1.165, 1.54) is 0 Å². The number of fused-ring (bicyclic) bond motifs is 1. The zero-order valence-electron chi connectivity index (χ0n) is 12.8. The predicted octanol–water partition coefficient (Wildman–Crippen LogP) is -0.252. The Morgan fingerprint density at radius 1 is 1.22 bits per heavy atom. The lowest BCUT2D eigenvalue weighted by Gasteiger charge is -2.32. The van der Waals surface area contributed by atoms with Gasteiger partial charge in [0.2, 0.25) is 11.9 Å². The van der Waals surface area contributed by atoms with Gasteiger partial charge in [-0.05, 0) is 0 Å². The third-order valence-electron chi connectivity index (χ3n) is 4.17. The molecule has 1 aromatic heterocycles. The highest BCUT2D eigenvalue weighted by molar-refractivity contribution is 6.08. The molecule has 3 aliphatic heterocycles. The van der Waals surface area contributed by atoms with Crippen LogP contribution in [0.3, 0.4) is 0 Å². The number of hydrogen-bond acceptors (Lipinski definition) is 9. The standard InChI is InChI=1S/C14H18N8O/c1-21-12-10(8-18-21)11(9-6-16-13(15)17-7-9)19-14(20-12)22-2-4-23-5-3-22/h6-8,10-11H,2-5H2,1H3,(H2,15,16,17). The average Bonchev–Trinajstić information content (AvgIpc) is 2.97. The van der Waals surface area contributed by atoms with Gasteiger partial charge in [-0.2, -0.15) is 10.1 Å². The molecule has 1 aromatic rings. The molecular weight excluding hydrogens is 296 g/mol. The molecule has 0 bridgehead atoms. The first-order valence-electron chi connectivity index (χ1n) is 7.57. The van der Waals surface area contributed by atoms with Crippen molar-refractivity contribution in [3.63, 3.8) is 0 Å². The van der Waals surface area contributed by atoms with Crippen LogP contribution in [-0.2, 0) is 4.74 Å². The minimum Gasteiger partial charge on any atom is -0.378 e. The highest BCUT2D eigenvalue weighted by Gasteiger charge is 2.37. The van der Waals surface area contributed by atoms with Crippen LogP contribution >= 0.6 is 0 Å². The van der Waals surface area contributed by atoms with Crippen LogP contribution in [0.5, 0.6) is 0 Å². The van der Waals surface area contributed by atoms with E-state index in [1.54, 1.807) is 17.4 Å². The number of rotatable bonds is 1. The number of hydrogen-bond donors (Lipinski definition) is 1. The summed E-state index contributed by atoms with van der Waals surface area (Å²) in [5, 5.41) is 6.15. The molecule has 0 radical (unpaired) electrons. The molecule has 120 valence electrons. The second kappa shape index (κ2) is 5.58. The Labute approximate surface area is 133 Å². The lowest BCUT2D eigenvalue weighted by molar-refractivity contribution is 0.0672. The van der Waals surface area contributed by atoms with Gasteiger partial charge in [0.15, 0.2) is 0 Å². The van der Waals surface area contributed by atoms with Gasteiger partial charge >= 0.3 is 0 Å². The number of hydrazone groups is 1. The van der Waals surface area contributed by atoms with Gasteiger partial charge in [-0.3, -0.25) is 5.01 Å². The predicted molar refractivity (Wildman–Crippen MR) is 86.2 cm³/mol. The maximum Gasteiger partial charge on any atom is 0.223 e. The molecule has 0 saturated carbocycles. The van der Waals surface area contributed by atoms with Crippen LogP contribution < -0.4 is 5.73 Å². The molecule has 23 heavy (non-hydrogen) atoms. The van der Waals surface area contributed by atoms with E-state index in [-0.39, 0.29) is 17.9 Å². The van der Waals surface area contributed by atoms with Gasteiger partial charge in [0.25, 0.3) is 0 Å². The second-order valence-corrected chi connectivity index (χ2v) is 5.63. The largest absolute Gasteiger partial charge is 0.378 e. The number of morpholine rings is 1. The summed E-state index contributed by atoms with van der Waals surface area (Å²) in [7, 11) is 1.90. The zero-order chi connectivity index (χ0) is 15.8. The molecule has 4 rings (SSSR count). The molecule has 9 nitrogen and oxygen atoms in total. The minimum atomic E-state index is -0.144. The van der Waals surface area contributed by atoms with Crippen molar-refractivity contribution in [3.8, 4) is 0 Å². The van der Waals surface area contributed by atoms with Gasteiger partial charge in [-0.15, -0.1) is 0 Å². The van der Waals surface area contributed by atoms with Crippen molar-refractivity contribution < 1.29 is 4.74 Å². The number of ether oxygens (including phenoxy) is 1. The fourth-order valence-electron chi connectivity index (χ4n) is 2.92. The number of anilines is 1. The molecule has 1 saturated heterocycles. The van der Waals surface area contributed by atoms with Crippen molar-refractivity contribution in [2.45, 2.75) is 6.04 Å². The normalized spacial score (nSPS) is 26.8. The summed E-state index contributed by atoms with van der Waals surface area (Å²) < 4.78 is 5.41. The average molecular weight is 314 g/mol. The number of nitrogens with zero attached hydrogens (tertiary/aromatic N) is 7. The van der Waals surface area contributed by atoms with Crippen molar-refractivity contribution in [2.24, 2.45) is 21.0 Å². The third kappa shape index (κ3) is 2.52. The molecule has 1 fully saturated rings. The molecule has 0 aliphatic carbocycles. The van der Waals surface area contributed by atoms with Gasteiger partial charge in [-0.25, -0.2) is 15.0 Å². The van der Waals surface area contributed by atoms with Gasteiger partial charge in [0, 0.05) is 44.3 Å². The van der Waals surface area contributed by atoms with Crippen molar-refractivity contribution in [1.29, 1.82) is 0 Å². The van der Waals surface area contributed by atoms with Crippen LogP contribution in [0.25, 0.3) is 0 Å². The molecule has 2 N–H and O–H groups in total. The highest BCUT2D eigenvalue weighted by Crippen LogP contribution is 2.33. The number of aliphatic imine (C=N–C) groups is 2. The van der Waals surface area contributed by atoms with E-state index in [0.29, 0.717) is 13.2 Å². The molecule has 2 unspecified atom stereocenters. The van der Waals surface area contributed by atoms with Crippen LogP contribution in [-0.4, -0.2) is 71.2 Å². The minimum absolute atomic E-state index is 0.00276. The number of guanidine groups is 1. The lowest BCUT2D eigenvalue weighted by atomic mass is 9.94. The van der Waals surface area contributed by atoms with E-state index < -0.39 is 0 Å². The lowest BCUT2D eigenvalue weighted by Crippen LogP contribution is -2.43. The summed E-state index contributed by atoms with van der Waals surface area (Å²) in [6.45, 7) is 2.95. The molecule has 0 aromatic carbocycles. The van der Waals surface area contributed by atoms with Crippen molar-refractivity contribution >= 4 is 24.0 Å². The highest BCUT2D eigenvalue weighted by atomic mass is 16.5. The van der Waals surface area contributed by atoms with Crippen LogP contribution in [0.15, 0.2) is 27.5 Å². The number of aromatic nitrogens is 2. The summed E-state index contributed by atoms with van der Waals surface area (Å²) in [5.74, 6) is 1.87. The van der Waals surface area contributed by atoms with Crippen LogP contribution in [0, 0.1) is 5.92 Å². The Morgan fingerprint density at radius 3 is 2.70 bits per heavy atom. The van der Waals surface area contributed by atoms with E-state index in [9.17, 15) is 0 Å². The summed E-state index contributed by atoms with van der Waals surface area (Å²) in [5.41, 5.74) is 6.50. The molecule has 3 aliphatic rings. The first-order valence-corrected chi connectivity index (χ1v) is 7.57. The molecule has 0 spiro atoms. The first kappa shape index (κ1) is 14.1. The van der Waals surface area contributed by atoms with E-state index in [1.807, 2.05) is 13.3 Å². The second-order valence-electron chi connectivity index (χ2n) is 5.63. The quantitative estimate of drug-likeness (QED) is 0.766. The zero-order valence-corrected chi connectivity index (χ0v) is 12.8. The van der Waals surface area contributed by atoms with Gasteiger partial charge in [0.1, 0.15) is 5.84 Å². The smallest absolute Gasteiger partial charge is 0.223 e. The fraction of sp³-hybridized carbons (Fsp3) is 0.500. The Hall–Kier alpha value is -2.55. The molecule has 2 atom stereocenters. The maximum absolute atomic E-state index is 5.59. The molecule has 9 heteroatoms. The van der Waals surface area contributed by atoms with Gasteiger partial charge < -0.3 is 15.4 Å². The summed E-state index contributed by atoms with van der Waals surface area (Å²) >= 11 is 0. The van der Waals surface area contributed by atoms with Crippen molar-refractivity contribution in [3.05, 3.63) is 18.0 Å². The topological polar surface area (TPSA) is 105 Å². The SMILES string of the molecule is CN1N=CC2C1=NC(N1CCOCC1)=NC2c1cnc(N)nc1. The Bertz CT molecular complexity index is 677. The van der Waals surface area contributed by atoms with E-state index >= 15 is 0 Å². The van der Waals surface area contributed by atoms with E-state index in [0.717, 1.165) is 30.4 Å². The molecule has 0 amide bonds. The monoisotopic (exact) mass is 314 g/mol. The van der Waals surface area contributed by atoms with Crippen LogP contribution in [0.4, 0.5) is 5.95 Å². The third-order valence-corrected chi connectivity index (χ3v) is 4.17. The van der Waals surface area contributed by atoms with Gasteiger partial charge in [0.05, 0.1) is 25.2 Å². The first-order chi connectivity index (χ1) is 11.2. The molecule has 4 heterocycles.